The first-order chi connectivity index (χ1) is 15.2. The Morgan fingerprint density at radius 2 is 1.97 bits per heavy atom. The van der Waals surface area contributed by atoms with Gasteiger partial charge in [0.15, 0.2) is 0 Å². The number of hydrogen-bond donors (Lipinski definition) is 0. The van der Waals surface area contributed by atoms with Crippen molar-refractivity contribution in [3.05, 3.63) is 40.0 Å². The van der Waals surface area contributed by atoms with Gasteiger partial charge in [0.25, 0.3) is 5.91 Å². The number of nitriles is 1. The van der Waals surface area contributed by atoms with Crippen LogP contribution < -0.4 is 0 Å². The molecule has 1 saturated heterocycles. The van der Waals surface area contributed by atoms with Crippen LogP contribution in [0.4, 0.5) is 4.79 Å². The molecule has 0 bridgehead atoms. The smallest absolute Gasteiger partial charge is 0.410 e. The Morgan fingerprint density at radius 3 is 2.69 bits per heavy atom. The zero-order valence-electron chi connectivity index (χ0n) is 18.7. The van der Waals surface area contributed by atoms with Crippen LogP contribution in [0.25, 0.3) is 10.9 Å². The lowest BCUT2D eigenvalue weighted by Crippen LogP contribution is -2.56. The Balaban J connectivity index is 1.56. The van der Waals surface area contributed by atoms with Crippen molar-refractivity contribution in [2.24, 2.45) is 0 Å². The lowest BCUT2D eigenvalue weighted by atomic mass is 9.94. The van der Waals surface area contributed by atoms with Crippen LogP contribution in [-0.2, 0) is 17.6 Å². The lowest BCUT2D eigenvalue weighted by molar-refractivity contribution is 0.00927. The molecule has 0 spiro atoms. The summed E-state index contributed by atoms with van der Waals surface area (Å²) < 4.78 is 5.41. The Hall–Kier alpha value is -2.85. The van der Waals surface area contributed by atoms with E-state index in [0.29, 0.717) is 17.6 Å². The molecule has 2 heterocycles. The van der Waals surface area contributed by atoms with E-state index in [4.69, 9.17) is 21.3 Å². The Morgan fingerprint density at radius 1 is 1.22 bits per heavy atom. The van der Waals surface area contributed by atoms with Gasteiger partial charge < -0.3 is 14.5 Å². The van der Waals surface area contributed by atoms with Gasteiger partial charge in [-0.05, 0) is 64.2 Å². The number of carbonyl (C=O) groups is 2. The molecule has 2 aromatic rings. The SMILES string of the molecule is CC(C)(C)OC(=O)N1CCN(C(=O)c2ccc3c(Cl)c4c(nc3c2)CCCC4)C(C#N)C1. The first kappa shape index (κ1) is 22.3. The first-order valence-electron chi connectivity index (χ1n) is 11.0. The van der Waals surface area contributed by atoms with Crippen molar-refractivity contribution >= 4 is 34.5 Å². The summed E-state index contributed by atoms with van der Waals surface area (Å²) in [4.78, 5) is 33.4. The second-order valence-electron chi connectivity index (χ2n) is 9.36. The van der Waals surface area contributed by atoms with E-state index in [1.807, 2.05) is 6.07 Å². The number of fused-ring (bicyclic) bond motifs is 2. The minimum atomic E-state index is -0.750. The van der Waals surface area contributed by atoms with Crippen LogP contribution in [0, 0.1) is 11.3 Å². The summed E-state index contributed by atoms with van der Waals surface area (Å²) >= 11 is 6.65. The van der Waals surface area contributed by atoms with E-state index in [2.05, 4.69) is 6.07 Å². The van der Waals surface area contributed by atoms with E-state index >= 15 is 0 Å². The molecule has 8 heteroatoms. The van der Waals surface area contributed by atoms with Gasteiger partial charge >= 0.3 is 6.09 Å². The molecule has 0 N–H and O–H groups in total. The van der Waals surface area contributed by atoms with E-state index in [-0.39, 0.29) is 19.0 Å². The van der Waals surface area contributed by atoms with Crippen molar-refractivity contribution in [3.63, 3.8) is 0 Å². The zero-order valence-corrected chi connectivity index (χ0v) is 19.4. The molecule has 0 saturated carbocycles. The van der Waals surface area contributed by atoms with Gasteiger partial charge in [-0.25, -0.2) is 4.79 Å². The monoisotopic (exact) mass is 454 g/mol. The Labute approximate surface area is 192 Å². The van der Waals surface area contributed by atoms with E-state index < -0.39 is 17.7 Å². The molecular formula is C24H27ClN4O3. The van der Waals surface area contributed by atoms with E-state index in [9.17, 15) is 14.9 Å². The molecule has 1 aliphatic carbocycles. The third kappa shape index (κ3) is 4.37. The number of halogens is 1. The van der Waals surface area contributed by atoms with Crippen LogP contribution in [0.1, 0.15) is 55.2 Å². The van der Waals surface area contributed by atoms with Crippen LogP contribution in [0.15, 0.2) is 18.2 Å². The molecule has 2 amide bonds. The fourth-order valence-electron chi connectivity index (χ4n) is 4.29. The number of amides is 2. The third-order valence-corrected chi connectivity index (χ3v) is 6.31. The van der Waals surface area contributed by atoms with Crippen LogP contribution in [-0.4, -0.2) is 58.1 Å². The van der Waals surface area contributed by atoms with Gasteiger partial charge in [0, 0.05) is 29.7 Å². The van der Waals surface area contributed by atoms with Crippen molar-refractivity contribution in [2.45, 2.75) is 58.1 Å². The second-order valence-corrected chi connectivity index (χ2v) is 9.74. The molecule has 2 aliphatic rings. The number of benzene rings is 1. The molecule has 1 aromatic carbocycles. The van der Waals surface area contributed by atoms with Crippen molar-refractivity contribution in [2.75, 3.05) is 19.6 Å². The highest BCUT2D eigenvalue weighted by molar-refractivity contribution is 6.36. The standard InChI is InChI=1S/C24H27ClN4O3/c1-24(2,3)32-23(31)28-10-11-29(16(13-26)14-28)22(30)15-8-9-18-20(12-15)27-19-7-5-4-6-17(19)21(18)25/h8-9,12,16H,4-7,10-11,14H2,1-3H3. The molecule has 1 fully saturated rings. The predicted octanol–water partition coefficient (Wildman–Crippen LogP) is 4.35. The molecular weight excluding hydrogens is 428 g/mol. The summed E-state index contributed by atoms with van der Waals surface area (Å²) in [5.74, 6) is -0.252. The zero-order chi connectivity index (χ0) is 23.0. The molecule has 0 radical (unpaired) electrons. The van der Waals surface area contributed by atoms with Crippen molar-refractivity contribution in [1.82, 2.24) is 14.8 Å². The van der Waals surface area contributed by atoms with Gasteiger partial charge in [-0.2, -0.15) is 5.26 Å². The molecule has 4 rings (SSSR count). The first-order valence-corrected chi connectivity index (χ1v) is 11.4. The molecule has 1 atom stereocenters. The topological polar surface area (TPSA) is 86.5 Å². The summed E-state index contributed by atoms with van der Waals surface area (Å²) in [5, 5.41) is 11.2. The number of nitrogens with zero attached hydrogens (tertiary/aromatic N) is 4. The highest BCUT2D eigenvalue weighted by Gasteiger charge is 2.35. The van der Waals surface area contributed by atoms with Gasteiger partial charge in [-0.15, -0.1) is 0 Å². The highest BCUT2D eigenvalue weighted by atomic mass is 35.5. The van der Waals surface area contributed by atoms with Crippen LogP contribution >= 0.6 is 11.6 Å². The normalized spacial score (nSPS) is 18.8. The summed E-state index contributed by atoms with van der Waals surface area (Å²) in [6, 6.07) is 6.74. The van der Waals surface area contributed by atoms with Gasteiger partial charge in [0.2, 0.25) is 0 Å². The van der Waals surface area contributed by atoms with Crippen molar-refractivity contribution < 1.29 is 14.3 Å². The number of piperazine rings is 1. The minimum Gasteiger partial charge on any atom is -0.444 e. The Kier molecular flexibility index (Phi) is 6.00. The van der Waals surface area contributed by atoms with Crippen LogP contribution in [0.3, 0.4) is 0 Å². The van der Waals surface area contributed by atoms with Crippen LogP contribution in [0.5, 0.6) is 0 Å². The molecule has 7 nitrogen and oxygen atoms in total. The van der Waals surface area contributed by atoms with E-state index in [0.717, 1.165) is 47.3 Å². The molecule has 1 aliphatic heterocycles. The fourth-order valence-corrected chi connectivity index (χ4v) is 4.66. The maximum atomic E-state index is 13.3. The van der Waals surface area contributed by atoms with E-state index in [1.165, 1.54) is 9.80 Å². The number of aryl methyl sites for hydroxylation is 1. The summed E-state index contributed by atoms with van der Waals surface area (Å²) in [6.45, 7) is 6.07. The van der Waals surface area contributed by atoms with E-state index in [1.54, 1.807) is 32.9 Å². The number of rotatable bonds is 1. The fraction of sp³-hybridized carbons (Fsp3) is 0.500. The Bertz CT molecular complexity index is 1120. The average molecular weight is 455 g/mol. The van der Waals surface area contributed by atoms with Gasteiger partial charge in [-0.3, -0.25) is 9.78 Å². The summed E-state index contributed by atoms with van der Waals surface area (Å²) in [6.07, 6.45) is 3.56. The molecule has 168 valence electrons. The van der Waals surface area contributed by atoms with Gasteiger partial charge in [-0.1, -0.05) is 17.7 Å². The highest BCUT2D eigenvalue weighted by Crippen LogP contribution is 2.33. The predicted molar refractivity (Wildman–Crippen MR) is 122 cm³/mol. The minimum absolute atomic E-state index is 0.113. The largest absolute Gasteiger partial charge is 0.444 e. The quantitative estimate of drug-likeness (QED) is 0.639. The number of hydrogen-bond acceptors (Lipinski definition) is 5. The number of ether oxygens (including phenoxy) is 1. The maximum Gasteiger partial charge on any atom is 0.410 e. The van der Waals surface area contributed by atoms with Crippen molar-refractivity contribution in [3.8, 4) is 6.07 Å². The maximum absolute atomic E-state index is 13.3. The number of carbonyl (C=O) groups excluding carboxylic acids is 2. The van der Waals surface area contributed by atoms with Crippen LogP contribution in [0.2, 0.25) is 5.02 Å². The average Bonchev–Trinajstić information content (AvgIpc) is 2.77. The lowest BCUT2D eigenvalue weighted by Gasteiger charge is -2.38. The number of aromatic nitrogens is 1. The third-order valence-electron chi connectivity index (χ3n) is 5.88. The molecule has 1 aromatic heterocycles. The molecule has 1 unspecified atom stereocenters. The van der Waals surface area contributed by atoms with Gasteiger partial charge in [0.1, 0.15) is 11.6 Å². The summed E-state index contributed by atoms with van der Waals surface area (Å²) in [7, 11) is 0. The van der Waals surface area contributed by atoms with Gasteiger partial charge in [0.05, 0.1) is 23.2 Å². The summed E-state index contributed by atoms with van der Waals surface area (Å²) in [5.41, 5.74) is 2.67. The second kappa shape index (κ2) is 8.59. The van der Waals surface area contributed by atoms with Crippen molar-refractivity contribution in [1.29, 1.82) is 5.26 Å². The number of pyridine rings is 1. The molecule has 32 heavy (non-hydrogen) atoms.